The highest BCUT2D eigenvalue weighted by Gasteiger charge is 2.19. The molecule has 0 radical (unpaired) electrons. The van der Waals surface area contributed by atoms with Crippen LogP contribution in [-0.4, -0.2) is 47.8 Å². The van der Waals surface area contributed by atoms with Crippen molar-refractivity contribution in [2.75, 3.05) is 25.0 Å². The molecule has 2 aromatic heterocycles. The van der Waals surface area contributed by atoms with Crippen LogP contribution in [0.25, 0.3) is 17.0 Å². The zero-order valence-electron chi connectivity index (χ0n) is 23.4. The molecule has 9 nitrogen and oxygen atoms in total. The quantitative estimate of drug-likeness (QED) is 0.192. The molecule has 43 heavy (non-hydrogen) atoms. The molecular formula is C32H27Cl2N5O4. The third-order valence-corrected chi connectivity index (χ3v) is 7.08. The number of hydrogen-bond donors (Lipinski definition) is 2. The summed E-state index contributed by atoms with van der Waals surface area (Å²) in [7, 11) is 1.55. The fourth-order valence-electron chi connectivity index (χ4n) is 3.97. The van der Waals surface area contributed by atoms with Gasteiger partial charge >= 0.3 is 0 Å². The lowest BCUT2D eigenvalue weighted by Crippen LogP contribution is -2.37. The predicted octanol–water partition coefficient (Wildman–Crippen LogP) is 4.98. The van der Waals surface area contributed by atoms with Crippen molar-refractivity contribution in [3.8, 4) is 18.1 Å². The van der Waals surface area contributed by atoms with Crippen LogP contribution in [0.2, 0.25) is 10.0 Å². The molecule has 0 spiro atoms. The Morgan fingerprint density at radius 3 is 2.63 bits per heavy atom. The lowest BCUT2D eigenvalue weighted by molar-refractivity contribution is -0.122. The maximum atomic E-state index is 12.9. The molecule has 4 aromatic rings. The first-order valence-corrected chi connectivity index (χ1v) is 13.8. The molecule has 0 saturated heterocycles. The van der Waals surface area contributed by atoms with Gasteiger partial charge in [-0.2, -0.15) is 0 Å². The van der Waals surface area contributed by atoms with Gasteiger partial charge in [0, 0.05) is 41.0 Å². The molecule has 0 saturated carbocycles. The van der Waals surface area contributed by atoms with Crippen molar-refractivity contribution >= 4 is 63.6 Å². The van der Waals surface area contributed by atoms with Crippen LogP contribution in [-0.2, 0) is 16.2 Å². The number of ether oxygens (including phenoxy) is 1. The van der Waals surface area contributed by atoms with E-state index in [1.54, 1.807) is 25.2 Å². The van der Waals surface area contributed by atoms with Crippen LogP contribution in [0.5, 0.6) is 5.75 Å². The molecule has 0 fully saturated rings. The fraction of sp³-hybridized carbons (Fsp3) is 0.156. The number of carbonyl (C=O) groups is 3. The summed E-state index contributed by atoms with van der Waals surface area (Å²) >= 11 is 13.1. The average molecular weight is 617 g/mol. The number of aryl methyl sites for hydroxylation is 1. The van der Waals surface area contributed by atoms with Gasteiger partial charge in [-0.15, -0.1) is 6.42 Å². The number of fused-ring (bicyclic) bond motifs is 1. The second kappa shape index (κ2) is 14.3. The Bertz CT molecular complexity index is 1750. The van der Waals surface area contributed by atoms with E-state index in [0.717, 1.165) is 16.6 Å². The molecule has 2 heterocycles. The highest BCUT2D eigenvalue weighted by molar-refractivity contribution is 6.38. The number of carbonyl (C=O) groups excluding carboxylic acids is 3. The molecule has 4 rings (SSSR count). The summed E-state index contributed by atoms with van der Waals surface area (Å²) in [6.45, 7) is 1.77. The Morgan fingerprint density at radius 2 is 1.88 bits per heavy atom. The number of benzene rings is 2. The molecule has 0 aliphatic heterocycles. The van der Waals surface area contributed by atoms with Crippen LogP contribution in [0.4, 0.5) is 5.69 Å². The number of likely N-dealkylation sites (N-methyl/N-ethyl adjacent to an activating group) is 1. The van der Waals surface area contributed by atoms with Crippen molar-refractivity contribution in [3.05, 3.63) is 99.4 Å². The minimum atomic E-state index is -0.493. The minimum absolute atomic E-state index is 0.0508. The van der Waals surface area contributed by atoms with Gasteiger partial charge in [0.15, 0.2) is 0 Å². The zero-order valence-corrected chi connectivity index (χ0v) is 24.9. The van der Waals surface area contributed by atoms with E-state index in [9.17, 15) is 14.4 Å². The summed E-state index contributed by atoms with van der Waals surface area (Å²) in [6.07, 6.45) is 9.34. The van der Waals surface area contributed by atoms with Crippen molar-refractivity contribution in [2.45, 2.75) is 13.5 Å². The first-order valence-electron chi connectivity index (χ1n) is 13.0. The summed E-state index contributed by atoms with van der Waals surface area (Å²) in [5.74, 6) is 1.59. The number of aromatic nitrogens is 2. The maximum absolute atomic E-state index is 12.9. The highest BCUT2D eigenvalue weighted by atomic mass is 35.5. The predicted molar refractivity (Wildman–Crippen MR) is 168 cm³/mol. The van der Waals surface area contributed by atoms with Gasteiger partial charge in [0.2, 0.25) is 11.8 Å². The van der Waals surface area contributed by atoms with E-state index >= 15 is 0 Å². The van der Waals surface area contributed by atoms with Gasteiger partial charge in [-0.05, 0) is 48.9 Å². The largest absolute Gasteiger partial charge is 0.487 e. The van der Waals surface area contributed by atoms with Crippen molar-refractivity contribution in [3.63, 3.8) is 0 Å². The summed E-state index contributed by atoms with van der Waals surface area (Å²) in [5, 5.41) is 6.64. The monoisotopic (exact) mass is 615 g/mol. The number of amides is 3. The molecule has 0 atom stereocenters. The third kappa shape index (κ3) is 7.89. The second-order valence-electron chi connectivity index (χ2n) is 9.30. The van der Waals surface area contributed by atoms with Crippen molar-refractivity contribution in [1.29, 1.82) is 0 Å². The molecule has 2 aromatic carbocycles. The molecule has 2 N–H and O–H groups in total. The maximum Gasteiger partial charge on any atom is 0.270 e. The van der Waals surface area contributed by atoms with Gasteiger partial charge < -0.3 is 20.3 Å². The van der Waals surface area contributed by atoms with Crippen LogP contribution in [0.3, 0.4) is 0 Å². The van der Waals surface area contributed by atoms with E-state index in [1.165, 1.54) is 29.3 Å². The normalized spacial score (nSPS) is 10.8. The lowest BCUT2D eigenvalue weighted by Gasteiger charge is -2.21. The number of terminal acetylenes is 1. The molecule has 0 bridgehead atoms. The third-order valence-electron chi connectivity index (χ3n) is 6.31. The van der Waals surface area contributed by atoms with Crippen molar-refractivity contribution < 1.29 is 19.1 Å². The van der Waals surface area contributed by atoms with E-state index < -0.39 is 17.7 Å². The van der Waals surface area contributed by atoms with Crippen LogP contribution in [0, 0.1) is 19.3 Å². The van der Waals surface area contributed by atoms with E-state index in [2.05, 4.69) is 26.5 Å². The number of pyridine rings is 2. The number of anilines is 1. The van der Waals surface area contributed by atoms with Crippen LogP contribution in [0.15, 0.2) is 66.9 Å². The molecule has 0 aliphatic carbocycles. The van der Waals surface area contributed by atoms with E-state index in [0.29, 0.717) is 27.6 Å². The topological polar surface area (TPSA) is 114 Å². The minimum Gasteiger partial charge on any atom is -0.487 e. The SMILES string of the molecule is C#CCNC(=O)c1ccc(C=CC(=O)NCC(=O)N(C)c2ccc(Cl)c(COc3cccc4ccc(C)nc34)c2Cl)cn1. The Morgan fingerprint density at radius 1 is 1.07 bits per heavy atom. The molecule has 218 valence electrons. The molecular weight excluding hydrogens is 589 g/mol. The van der Waals surface area contributed by atoms with Gasteiger partial charge in [-0.1, -0.05) is 53.4 Å². The molecule has 0 aliphatic rings. The lowest BCUT2D eigenvalue weighted by atomic mass is 10.1. The number of halogens is 2. The Hall–Kier alpha value is -4.91. The summed E-state index contributed by atoms with van der Waals surface area (Å²) < 4.78 is 6.06. The number of nitrogens with zero attached hydrogens (tertiary/aromatic N) is 3. The smallest absolute Gasteiger partial charge is 0.270 e. The Kier molecular flexibility index (Phi) is 10.3. The second-order valence-corrected chi connectivity index (χ2v) is 10.1. The van der Waals surface area contributed by atoms with Gasteiger partial charge in [-0.3, -0.25) is 19.4 Å². The first-order chi connectivity index (χ1) is 20.7. The summed E-state index contributed by atoms with van der Waals surface area (Å²) in [5.41, 5.74) is 3.28. The molecule has 0 unspecified atom stereocenters. The average Bonchev–Trinajstić information content (AvgIpc) is 3.01. The Balaban J connectivity index is 1.36. The zero-order chi connectivity index (χ0) is 30.9. The van der Waals surface area contributed by atoms with E-state index in [-0.39, 0.29) is 30.4 Å². The fourth-order valence-corrected chi connectivity index (χ4v) is 4.57. The first kappa shape index (κ1) is 31.0. The Labute approximate surface area is 258 Å². The van der Waals surface area contributed by atoms with Crippen LogP contribution < -0.4 is 20.3 Å². The molecule has 11 heteroatoms. The van der Waals surface area contributed by atoms with Gasteiger partial charge in [0.25, 0.3) is 5.91 Å². The molecule has 3 amide bonds. The van der Waals surface area contributed by atoms with E-state index in [4.69, 9.17) is 34.4 Å². The number of nitrogens with one attached hydrogen (secondary N) is 2. The van der Waals surface area contributed by atoms with Crippen LogP contribution in [0.1, 0.15) is 27.3 Å². The van der Waals surface area contributed by atoms with E-state index in [1.807, 2.05) is 37.3 Å². The van der Waals surface area contributed by atoms with Crippen molar-refractivity contribution in [2.24, 2.45) is 0 Å². The van der Waals surface area contributed by atoms with Gasteiger partial charge in [0.05, 0.1) is 23.8 Å². The standard InChI is InChI=1S/C32H27Cl2N5O4/c1-4-16-35-32(42)25-13-9-21(17-36-25)10-15-28(40)37-18-29(41)39(3)26-14-12-24(33)23(30(26)34)19-43-27-7-5-6-22-11-8-20(2)38-31(22)27/h1,5-15,17H,16,18-19H2,2-3H3,(H,35,42)(H,37,40). The van der Waals surface area contributed by atoms with Gasteiger partial charge in [-0.25, -0.2) is 4.98 Å². The van der Waals surface area contributed by atoms with Crippen molar-refractivity contribution in [1.82, 2.24) is 20.6 Å². The number of hydrogen-bond acceptors (Lipinski definition) is 6. The van der Waals surface area contributed by atoms with Gasteiger partial charge in [0.1, 0.15) is 23.6 Å². The summed E-state index contributed by atoms with van der Waals surface area (Å²) in [4.78, 5) is 47.1. The number of para-hydroxylation sites is 1. The van der Waals surface area contributed by atoms with Crippen LogP contribution >= 0.6 is 23.2 Å². The summed E-state index contributed by atoms with van der Waals surface area (Å²) in [6, 6.07) is 15.9. The highest BCUT2D eigenvalue weighted by Crippen LogP contribution is 2.35. The number of rotatable bonds is 10.